The van der Waals surface area contributed by atoms with Gasteiger partial charge in [-0.2, -0.15) is 5.10 Å². The van der Waals surface area contributed by atoms with E-state index in [0.717, 1.165) is 34.8 Å². The summed E-state index contributed by atoms with van der Waals surface area (Å²) in [6, 6.07) is 7.77. The molecule has 0 bridgehead atoms. The van der Waals surface area contributed by atoms with Gasteiger partial charge in [0.15, 0.2) is 5.82 Å². The fourth-order valence-electron chi connectivity index (χ4n) is 2.15. The van der Waals surface area contributed by atoms with Crippen LogP contribution in [-0.4, -0.2) is 19.7 Å². The number of aromatic amines is 1. The van der Waals surface area contributed by atoms with Crippen LogP contribution in [0.5, 0.6) is 0 Å². The molecule has 1 aromatic carbocycles. The molecule has 0 spiro atoms. The first-order valence-electron chi connectivity index (χ1n) is 5.98. The summed E-state index contributed by atoms with van der Waals surface area (Å²) in [6.45, 7) is 4.86. The van der Waals surface area contributed by atoms with Gasteiger partial charge in [0.05, 0.1) is 16.9 Å². The Hall–Kier alpha value is -2.30. The number of rotatable bonds is 2. The van der Waals surface area contributed by atoms with E-state index in [1.54, 1.807) is 0 Å². The lowest BCUT2D eigenvalue weighted by Gasteiger charge is -2.00. The van der Waals surface area contributed by atoms with Crippen molar-refractivity contribution in [3.05, 3.63) is 30.0 Å². The summed E-state index contributed by atoms with van der Waals surface area (Å²) in [5.74, 6) is 0.811. The maximum atomic E-state index is 5.92. The standard InChI is InChI=1S/C13H15N5/c1-3-18-11(7-8(2)17-18)13-15-10-6-4-5-9(14)12(10)16-13/h4-7H,3,14H2,1-2H3,(H,15,16). The van der Waals surface area contributed by atoms with Crippen LogP contribution in [0.1, 0.15) is 12.6 Å². The van der Waals surface area contributed by atoms with Crippen LogP contribution in [-0.2, 0) is 6.54 Å². The second-order valence-electron chi connectivity index (χ2n) is 4.32. The van der Waals surface area contributed by atoms with Gasteiger partial charge in [-0.1, -0.05) is 6.07 Å². The second kappa shape index (κ2) is 3.87. The molecule has 0 radical (unpaired) electrons. The molecule has 5 heteroatoms. The fourth-order valence-corrected chi connectivity index (χ4v) is 2.15. The molecule has 0 saturated carbocycles. The number of nitrogens with two attached hydrogens (primary N) is 1. The highest BCUT2D eigenvalue weighted by molar-refractivity contribution is 5.89. The van der Waals surface area contributed by atoms with Gasteiger partial charge in [0.25, 0.3) is 0 Å². The van der Waals surface area contributed by atoms with Gasteiger partial charge in [-0.05, 0) is 32.0 Å². The Morgan fingerprint density at radius 2 is 2.22 bits per heavy atom. The molecule has 3 N–H and O–H groups in total. The molecule has 0 aliphatic carbocycles. The van der Waals surface area contributed by atoms with Crippen molar-refractivity contribution in [1.82, 2.24) is 19.7 Å². The quantitative estimate of drug-likeness (QED) is 0.676. The van der Waals surface area contributed by atoms with E-state index < -0.39 is 0 Å². The number of aromatic nitrogens is 4. The number of H-pyrrole nitrogens is 1. The normalized spacial score (nSPS) is 11.2. The molecule has 5 nitrogen and oxygen atoms in total. The highest BCUT2D eigenvalue weighted by atomic mass is 15.3. The van der Waals surface area contributed by atoms with E-state index in [9.17, 15) is 0 Å². The Morgan fingerprint density at radius 1 is 1.39 bits per heavy atom. The van der Waals surface area contributed by atoms with Gasteiger partial charge in [-0.3, -0.25) is 4.68 Å². The third kappa shape index (κ3) is 1.55. The summed E-state index contributed by atoms with van der Waals surface area (Å²) >= 11 is 0. The minimum absolute atomic E-state index is 0.689. The Kier molecular flexibility index (Phi) is 2.33. The molecule has 0 saturated heterocycles. The molecule has 0 amide bonds. The largest absolute Gasteiger partial charge is 0.397 e. The molecule has 92 valence electrons. The Bertz CT molecular complexity index is 707. The van der Waals surface area contributed by atoms with E-state index in [-0.39, 0.29) is 0 Å². The second-order valence-corrected chi connectivity index (χ2v) is 4.32. The van der Waals surface area contributed by atoms with Gasteiger partial charge in [0.1, 0.15) is 11.2 Å². The van der Waals surface area contributed by atoms with E-state index in [4.69, 9.17) is 5.73 Å². The molecule has 0 aliphatic heterocycles. The van der Waals surface area contributed by atoms with Crippen molar-refractivity contribution in [2.75, 3.05) is 5.73 Å². The predicted octanol–water partition coefficient (Wildman–Crippen LogP) is 2.34. The first-order valence-corrected chi connectivity index (χ1v) is 5.98. The van der Waals surface area contributed by atoms with Crippen LogP contribution in [0.4, 0.5) is 5.69 Å². The van der Waals surface area contributed by atoms with Crippen molar-refractivity contribution >= 4 is 16.7 Å². The zero-order chi connectivity index (χ0) is 12.7. The summed E-state index contributed by atoms with van der Waals surface area (Å²) in [4.78, 5) is 7.85. The third-order valence-corrected chi connectivity index (χ3v) is 2.99. The van der Waals surface area contributed by atoms with Gasteiger partial charge in [-0.25, -0.2) is 4.98 Å². The van der Waals surface area contributed by atoms with Crippen LogP contribution in [0.2, 0.25) is 0 Å². The lowest BCUT2D eigenvalue weighted by Crippen LogP contribution is -1.99. The summed E-state index contributed by atoms with van der Waals surface area (Å²) < 4.78 is 1.93. The number of nitrogens with zero attached hydrogens (tertiary/aromatic N) is 3. The molecule has 0 aliphatic rings. The number of hydrogen-bond acceptors (Lipinski definition) is 3. The Balaban J connectivity index is 2.22. The lowest BCUT2D eigenvalue weighted by atomic mass is 10.3. The molecule has 0 fully saturated rings. The minimum Gasteiger partial charge on any atom is -0.397 e. The van der Waals surface area contributed by atoms with Gasteiger partial charge in [0, 0.05) is 6.54 Å². The number of aryl methyl sites for hydroxylation is 2. The van der Waals surface area contributed by atoms with Crippen LogP contribution >= 0.6 is 0 Å². The van der Waals surface area contributed by atoms with E-state index in [1.807, 2.05) is 35.9 Å². The summed E-state index contributed by atoms with van der Waals surface area (Å²) in [7, 11) is 0. The van der Waals surface area contributed by atoms with Crippen LogP contribution in [0.25, 0.3) is 22.6 Å². The molecule has 18 heavy (non-hydrogen) atoms. The van der Waals surface area contributed by atoms with Crippen molar-refractivity contribution < 1.29 is 0 Å². The number of nitrogens with one attached hydrogen (secondary N) is 1. The zero-order valence-electron chi connectivity index (χ0n) is 10.4. The number of anilines is 1. The summed E-state index contributed by atoms with van der Waals surface area (Å²) in [5, 5.41) is 4.42. The number of nitrogen functional groups attached to an aromatic ring is 1. The van der Waals surface area contributed by atoms with Crippen molar-refractivity contribution in [2.45, 2.75) is 20.4 Å². The van der Waals surface area contributed by atoms with Crippen LogP contribution in [0, 0.1) is 6.92 Å². The average molecular weight is 241 g/mol. The van der Waals surface area contributed by atoms with Crippen LogP contribution in [0.3, 0.4) is 0 Å². The smallest absolute Gasteiger partial charge is 0.156 e. The third-order valence-electron chi connectivity index (χ3n) is 2.99. The minimum atomic E-state index is 0.689. The van der Waals surface area contributed by atoms with Gasteiger partial charge < -0.3 is 10.7 Å². The Morgan fingerprint density at radius 3 is 2.94 bits per heavy atom. The topological polar surface area (TPSA) is 72.5 Å². The molecule has 3 aromatic rings. The number of fused-ring (bicyclic) bond motifs is 1. The van der Waals surface area contributed by atoms with E-state index in [2.05, 4.69) is 22.0 Å². The van der Waals surface area contributed by atoms with Gasteiger partial charge >= 0.3 is 0 Å². The monoisotopic (exact) mass is 241 g/mol. The number of imidazole rings is 1. The maximum Gasteiger partial charge on any atom is 0.156 e. The lowest BCUT2D eigenvalue weighted by molar-refractivity contribution is 0.658. The first kappa shape index (κ1) is 10.8. The highest BCUT2D eigenvalue weighted by Crippen LogP contribution is 2.24. The zero-order valence-corrected chi connectivity index (χ0v) is 10.4. The summed E-state index contributed by atoms with van der Waals surface area (Å²) in [6.07, 6.45) is 0. The van der Waals surface area contributed by atoms with Crippen molar-refractivity contribution in [3.8, 4) is 11.5 Å². The number of para-hydroxylation sites is 1. The molecule has 2 heterocycles. The molecule has 2 aromatic heterocycles. The molecule has 0 unspecified atom stereocenters. The molecule has 0 atom stereocenters. The average Bonchev–Trinajstić information content (AvgIpc) is 2.92. The molecular formula is C13H15N5. The maximum absolute atomic E-state index is 5.92. The van der Waals surface area contributed by atoms with E-state index in [0.29, 0.717) is 5.69 Å². The van der Waals surface area contributed by atoms with Crippen molar-refractivity contribution in [1.29, 1.82) is 0 Å². The predicted molar refractivity (Wildman–Crippen MR) is 72.1 cm³/mol. The highest BCUT2D eigenvalue weighted by Gasteiger charge is 2.12. The SMILES string of the molecule is CCn1nc(C)cc1-c1nc2c(N)cccc2[nH]1. The molecular weight excluding hydrogens is 226 g/mol. The van der Waals surface area contributed by atoms with Crippen molar-refractivity contribution in [3.63, 3.8) is 0 Å². The number of benzene rings is 1. The Labute approximate surface area is 105 Å². The van der Waals surface area contributed by atoms with E-state index >= 15 is 0 Å². The van der Waals surface area contributed by atoms with E-state index in [1.165, 1.54) is 0 Å². The molecule has 3 rings (SSSR count). The van der Waals surface area contributed by atoms with Crippen LogP contribution < -0.4 is 5.73 Å². The van der Waals surface area contributed by atoms with Crippen LogP contribution in [0.15, 0.2) is 24.3 Å². The summed E-state index contributed by atoms with van der Waals surface area (Å²) in [5.41, 5.74) is 10.3. The fraction of sp³-hybridized carbons (Fsp3) is 0.231. The van der Waals surface area contributed by atoms with Crippen molar-refractivity contribution in [2.24, 2.45) is 0 Å². The van der Waals surface area contributed by atoms with Gasteiger partial charge in [-0.15, -0.1) is 0 Å². The van der Waals surface area contributed by atoms with Gasteiger partial charge in [0.2, 0.25) is 0 Å². The first-order chi connectivity index (χ1) is 8.69. The number of hydrogen-bond donors (Lipinski definition) is 2.